The molecule has 0 fully saturated rings. The molecule has 0 aliphatic rings. The van der Waals surface area contributed by atoms with Crippen LogP contribution >= 0.6 is 0 Å². The Bertz CT molecular complexity index is 355. The number of aromatic nitrogens is 1. The molecular formula is C12H19N3O2. The Morgan fingerprint density at radius 2 is 2.29 bits per heavy atom. The molecule has 0 saturated carbocycles. The topological polar surface area (TPSA) is 77.2 Å². The van der Waals surface area contributed by atoms with Gasteiger partial charge in [-0.05, 0) is 31.4 Å². The Morgan fingerprint density at radius 3 is 3.00 bits per heavy atom. The lowest BCUT2D eigenvalue weighted by Crippen LogP contribution is -2.06. The molecule has 94 valence electrons. The predicted molar refractivity (Wildman–Crippen MR) is 67.6 cm³/mol. The molecule has 0 aliphatic carbocycles. The van der Waals surface area contributed by atoms with E-state index in [1.54, 1.807) is 12.3 Å². The van der Waals surface area contributed by atoms with E-state index in [0.717, 1.165) is 31.6 Å². The molecule has 1 aromatic heterocycles. The Kier molecular flexibility index (Phi) is 5.85. The first-order valence-corrected chi connectivity index (χ1v) is 5.78. The molecule has 5 nitrogen and oxygen atoms in total. The van der Waals surface area contributed by atoms with Gasteiger partial charge in [-0.2, -0.15) is 0 Å². The summed E-state index contributed by atoms with van der Waals surface area (Å²) in [6, 6.07) is 3.62. The van der Waals surface area contributed by atoms with Crippen LogP contribution in [0.15, 0.2) is 18.3 Å². The quantitative estimate of drug-likeness (QED) is 0.558. The average Bonchev–Trinajstić information content (AvgIpc) is 2.30. The highest BCUT2D eigenvalue weighted by Gasteiger charge is 1.98. The van der Waals surface area contributed by atoms with Crippen LogP contribution in [0.2, 0.25) is 0 Å². The molecule has 5 heteroatoms. The second-order valence-electron chi connectivity index (χ2n) is 3.77. The first-order chi connectivity index (χ1) is 8.20. The van der Waals surface area contributed by atoms with E-state index in [0.29, 0.717) is 12.3 Å². The van der Waals surface area contributed by atoms with E-state index in [1.165, 1.54) is 6.92 Å². The van der Waals surface area contributed by atoms with Gasteiger partial charge in [-0.1, -0.05) is 0 Å². The number of nitrogens with two attached hydrogens (primary N) is 1. The van der Waals surface area contributed by atoms with Crippen molar-refractivity contribution in [1.82, 2.24) is 4.98 Å². The number of unbranched alkanes of at least 4 members (excludes halogenated alkanes) is 2. The number of pyridine rings is 1. The van der Waals surface area contributed by atoms with Gasteiger partial charge < -0.3 is 15.8 Å². The van der Waals surface area contributed by atoms with Crippen molar-refractivity contribution < 1.29 is 9.53 Å². The first-order valence-electron chi connectivity index (χ1n) is 5.78. The van der Waals surface area contributed by atoms with Crippen LogP contribution in [0.1, 0.15) is 26.2 Å². The minimum absolute atomic E-state index is 0.218. The maximum atomic E-state index is 10.5. The Morgan fingerprint density at radius 1 is 1.47 bits per heavy atom. The number of rotatable bonds is 7. The third kappa shape index (κ3) is 5.75. The number of hydrogen-bond donors (Lipinski definition) is 2. The number of anilines is 2. The molecule has 0 bridgehead atoms. The molecule has 17 heavy (non-hydrogen) atoms. The van der Waals surface area contributed by atoms with Crippen LogP contribution in [0.5, 0.6) is 0 Å². The SMILES string of the molecule is CC(=O)OCCCCCNc1ncccc1N. The normalized spacial score (nSPS) is 9.94. The van der Waals surface area contributed by atoms with Gasteiger partial charge in [-0.15, -0.1) is 0 Å². The molecule has 1 heterocycles. The number of esters is 1. The molecule has 0 aromatic carbocycles. The number of carbonyl (C=O) groups excluding carboxylic acids is 1. The molecule has 0 atom stereocenters. The van der Waals surface area contributed by atoms with Gasteiger partial charge >= 0.3 is 5.97 Å². The largest absolute Gasteiger partial charge is 0.466 e. The Labute approximate surface area is 101 Å². The lowest BCUT2D eigenvalue weighted by Gasteiger charge is -2.07. The van der Waals surface area contributed by atoms with Crippen LogP contribution in [0.25, 0.3) is 0 Å². The summed E-state index contributed by atoms with van der Waals surface area (Å²) in [4.78, 5) is 14.6. The van der Waals surface area contributed by atoms with Crippen LogP contribution in [0.4, 0.5) is 11.5 Å². The smallest absolute Gasteiger partial charge is 0.302 e. The Balaban J connectivity index is 2.05. The molecule has 1 aromatic rings. The number of nitrogens with one attached hydrogen (secondary N) is 1. The van der Waals surface area contributed by atoms with E-state index in [4.69, 9.17) is 10.5 Å². The second kappa shape index (κ2) is 7.49. The summed E-state index contributed by atoms with van der Waals surface area (Å²) in [5.74, 6) is 0.511. The Hall–Kier alpha value is -1.78. The highest BCUT2D eigenvalue weighted by atomic mass is 16.5. The third-order valence-corrected chi connectivity index (χ3v) is 2.26. The fourth-order valence-electron chi connectivity index (χ4n) is 1.39. The van der Waals surface area contributed by atoms with Gasteiger partial charge in [-0.25, -0.2) is 4.98 Å². The van der Waals surface area contributed by atoms with Crippen molar-refractivity contribution >= 4 is 17.5 Å². The summed E-state index contributed by atoms with van der Waals surface area (Å²) in [6.07, 6.45) is 4.60. The summed E-state index contributed by atoms with van der Waals surface area (Å²) in [6.45, 7) is 2.74. The summed E-state index contributed by atoms with van der Waals surface area (Å²) >= 11 is 0. The summed E-state index contributed by atoms with van der Waals surface area (Å²) in [5.41, 5.74) is 6.39. The molecule has 1 rings (SSSR count). The van der Waals surface area contributed by atoms with Gasteiger partial charge in [0.2, 0.25) is 0 Å². The second-order valence-corrected chi connectivity index (χ2v) is 3.77. The monoisotopic (exact) mass is 237 g/mol. The van der Waals surface area contributed by atoms with Gasteiger partial charge in [0, 0.05) is 19.7 Å². The number of nitrogen functional groups attached to an aromatic ring is 1. The van der Waals surface area contributed by atoms with Crippen molar-refractivity contribution in [3.63, 3.8) is 0 Å². The molecular weight excluding hydrogens is 218 g/mol. The van der Waals surface area contributed by atoms with E-state index in [-0.39, 0.29) is 5.97 Å². The molecule has 0 unspecified atom stereocenters. The van der Waals surface area contributed by atoms with Crippen molar-refractivity contribution in [2.45, 2.75) is 26.2 Å². The highest BCUT2D eigenvalue weighted by molar-refractivity contribution is 5.65. The van der Waals surface area contributed by atoms with Crippen LogP contribution in [-0.2, 0) is 9.53 Å². The summed E-state index contributed by atoms with van der Waals surface area (Å²) in [7, 11) is 0. The van der Waals surface area contributed by atoms with Crippen molar-refractivity contribution in [2.75, 3.05) is 24.2 Å². The van der Waals surface area contributed by atoms with E-state index in [1.807, 2.05) is 6.07 Å². The fraction of sp³-hybridized carbons (Fsp3) is 0.500. The lowest BCUT2D eigenvalue weighted by molar-refractivity contribution is -0.141. The van der Waals surface area contributed by atoms with Crippen LogP contribution in [0.3, 0.4) is 0 Å². The zero-order chi connectivity index (χ0) is 12.5. The zero-order valence-corrected chi connectivity index (χ0v) is 10.1. The highest BCUT2D eigenvalue weighted by Crippen LogP contribution is 2.12. The van der Waals surface area contributed by atoms with Gasteiger partial charge in [-0.3, -0.25) is 4.79 Å². The first kappa shape index (κ1) is 13.3. The standard InChI is InChI=1S/C12H19N3O2/c1-10(16)17-9-4-2-3-7-14-12-11(13)6-5-8-15-12/h5-6,8H,2-4,7,9,13H2,1H3,(H,14,15). The lowest BCUT2D eigenvalue weighted by atomic mass is 10.2. The number of carbonyl (C=O) groups is 1. The van der Waals surface area contributed by atoms with E-state index >= 15 is 0 Å². The zero-order valence-electron chi connectivity index (χ0n) is 10.1. The van der Waals surface area contributed by atoms with Gasteiger partial charge in [0.05, 0.1) is 12.3 Å². The van der Waals surface area contributed by atoms with Crippen LogP contribution in [0, 0.1) is 0 Å². The van der Waals surface area contributed by atoms with Crippen LogP contribution < -0.4 is 11.1 Å². The average molecular weight is 237 g/mol. The molecule has 0 saturated heterocycles. The maximum Gasteiger partial charge on any atom is 0.302 e. The summed E-state index contributed by atoms with van der Waals surface area (Å²) in [5, 5.41) is 3.17. The molecule has 0 radical (unpaired) electrons. The van der Waals surface area contributed by atoms with Crippen LogP contribution in [-0.4, -0.2) is 24.1 Å². The maximum absolute atomic E-state index is 10.5. The van der Waals surface area contributed by atoms with E-state index in [9.17, 15) is 4.79 Å². The van der Waals surface area contributed by atoms with Crippen molar-refractivity contribution in [3.8, 4) is 0 Å². The third-order valence-electron chi connectivity index (χ3n) is 2.26. The van der Waals surface area contributed by atoms with Gasteiger partial charge in [0.25, 0.3) is 0 Å². The molecule has 0 aliphatic heterocycles. The fourth-order valence-corrected chi connectivity index (χ4v) is 1.39. The minimum Gasteiger partial charge on any atom is -0.466 e. The number of hydrogen-bond acceptors (Lipinski definition) is 5. The number of ether oxygens (including phenoxy) is 1. The van der Waals surface area contributed by atoms with Gasteiger partial charge in [0.15, 0.2) is 0 Å². The van der Waals surface area contributed by atoms with Gasteiger partial charge in [0.1, 0.15) is 5.82 Å². The van der Waals surface area contributed by atoms with E-state index < -0.39 is 0 Å². The van der Waals surface area contributed by atoms with Crippen molar-refractivity contribution in [2.24, 2.45) is 0 Å². The molecule has 3 N–H and O–H groups in total. The molecule has 0 amide bonds. The van der Waals surface area contributed by atoms with Crippen molar-refractivity contribution in [3.05, 3.63) is 18.3 Å². The minimum atomic E-state index is -0.218. The molecule has 0 spiro atoms. The summed E-state index contributed by atoms with van der Waals surface area (Å²) < 4.78 is 4.83. The predicted octanol–water partition coefficient (Wildman–Crippen LogP) is 1.81. The number of nitrogens with zero attached hydrogens (tertiary/aromatic N) is 1. The van der Waals surface area contributed by atoms with Crippen molar-refractivity contribution in [1.29, 1.82) is 0 Å². The van der Waals surface area contributed by atoms with E-state index in [2.05, 4.69) is 10.3 Å².